The van der Waals surface area contributed by atoms with Gasteiger partial charge in [0.25, 0.3) is 0 Å². The van der Waals surface area contributed by atoms with E-state index in [1.54, 1.807) is 0 Å². The van der Waals surface area contributed by atoms with Crippen LogP contribution in [0.15, 0.2) is 54.9 Å². The predicted octanol–water partition coefficient (Wildman–Crippen LogP) is 3.33. The molecule has 2 heterocycles. The van der Waals surface area contributed by atoms with E-state index in [9.17, 15) is 0 Å². The largest absolute Gasteiger partial charge is 0.377 e. The molecular formula is C18H22N2O. The molecule has 3 heteroatoms. The Morgan fingerprint density at radius 1 is 1.10 bits per heavy atom. The van der Waals surface area contributed by atoms with Gasteiger partial charge in [0.2, 0.25) is 0 Å². The molecule has 1 aliphatic heterocycles. The standard InChI is InChI=1S/C18H22N2O/c1-14(17-8-5-13-21-17)20-18(15-6-3-2-4-7-15)16-9-11-19-12-10-16/h2-4,6-7,9-12,14,17-18,20H,5,8,13H2,1H3. The number of hydrogen-bond donors (Lipinski definition) is 1. The van der Waals surface area contributed by atoms with E-state index in [0.29, 0.717) is 12.1 Å². The Morgan fingerprint density at radius 2 is 1.81 bits per heavy atom. The van der Waals surface area contributed by atoms with E-state index in [1.807, 2.05) is 12.4 Å². The third kappa shape index (κ3) is 3.49. The second kappa shape index (κ2) is 6.83. The minimum Gasteiger partial charge on any atom is -0.377 e. The second-order valence-corrected chi connectivity index (χ2v) is 5.63. The van der Waals surface area contributed by atoms with Crippen molar-refractivity contribution in [2.24, 2.45) is 0 Å². The summed E-state index contributed by atoms with van der Waals surface area (Å²) in [5.74, 6) is 0. The van der Waals surface area contributed by atoms with Crippen LogP contribution in [0.25, 0.3) is 0 Å². The normalized spacial score (nSPS) is 21.1. The van der Waals surface area contributed by atoms with Crippen LogP contribution in [0.2, 0.25) is 0 Å². The minimum absolute atomic E-state index is 0.174. The zero-order chi connectivity index (χ0) is 14.5. The maximum atomic E-state index is 5.81. The SMILES string of the molecule is CC(NC(c1ccccc1)c1ccncc1)C1CCCO1. The smallest absolute Gasteiger partial charge is 0.0726 e. The first-order valence-electron chi connectivity index (χ1n) is 7.67. The van der Waals surface area contributed by atoms with Gasteiger partial charge in [0.1, 0.15) is 0 Å². The molecule has 3 rings (SSSR count). The van der Waals surface area contributed by atoms with Gasteiger partial charge in [-0.15, -0.1) is 0 Å². The average Bonchev–Trinajstić information content (AvgIpc) is 3.09. The number of nitrogens with one attached hydrogen (secondary N) is 1. The summed E-state index contributed by atoms with van der Waals surface area (Å²) in [5, 5.41) is 3.74. The summed E-state index contributed by atoms with van der Waals surface area (Å²) in [6, 6.07) is 15.2. The van der Waals surface area contributed by atoms with Crippen molar-refractivity contribution in [2.45, 2.75) is 38.0 Å². The lowest BCUT2D eigenvalue weighted by atomic mass is 9.97. The van der Waals surface area contributed by atoms with Crippen molar-refractivity contribution < 1.29 is 4.74 Å². The number of nitrogens with zero attached hydrogens (tertiary/aromatic N) is 1. The lowest BCUT2D eigenvalue weighted by molar-refractivity contribution is 0.0812. The third-order valence-corrected chi connectivity index (χ3v) is 4.12. The van der Waals surface area contributed by atoms with Crippen LogP contribution < -0.4 is 5.32 Å². The molecule has 3 unspecified atom stereocenters. The first-order valence-corrected chi connectivity index (χ1v) is 7.67. The van der Waals surface area contributed by atoms with Crippen LogP contribution in [0.4, 0.5) is 0 Å². The van der Waals surface area contributed by atoms with Gasteiger partial charge < -0.3 is 10.1 Å². The maximum Gasteiger partial charge on any atom is 0.0726 e. The number of aromatic nitrogens is 1. The van der Waals surface area contributed by atoms with Gasteiger partial charge in [0, 0.05) is 25.0 Å². The van der Waals surface area contributed by atoms with Crippen molar-refractivity contribution in [3.63, 3.8) is 0 Å². The quantitative estimate of drug-likeness (QED) is 0.913. The van der Waals surface area contributed by atoms with E-state index in [2.05, 4.69) is 59.7 Å². The molecule has 1 saturated heterocycles. The van der Waals surface area contributed by atoms with Gasteiger partial charge in [-0.2, -0.15) is 0 Å². The topological polar surface area (TPSA) is 34.2 Å². The van der Waals surface area contributed by atoms with E-state index in [0.717, 1.165) is 13.0 Å². The molecule has 3 atom stereocenters. The van der Waals surface area contributed by atoms with Crippen molar-refractivity contribution >= 4 is 0 Å². The number of rotatable bonds is 5. The molecule has 3 nitrogen and oxygen atoms in total. The molecule has 110 valence electrons. The van der Waals surface area contributed by atoms with Crippen molar-refractivity contribution in [1.29, 1.82) is 0 Å². The van der Waals surface area contributed by atoms with Crippen LogP contribution in [0.5, 0.6) is 0 Å². The Morgan fingerprint density at radius 3 is 2.48 bits per heavy atom. The van der Waals surface area contributed by atoms with Gasteiger partial charge in [-0.05, 0) is 43.0 Å². The summed E-state index contributed by atoms with van der Waals surface area (Å²) in [6.45, 7) is 3.11. The minimum atomic E-state index is 0.174. The van der Waals surface area contributed by atoms with E-state index < -0.39 is 0 Å². The van der Waals surface area contributed by atoms with Crippen LogP contribution in [-0.4, -0.2) is 23.7 Å². The van der Waals surface area contributed by atoms with Gasteiger partial charge in [-0.3, -0.25) is 4.98 Å². The van der Waals surface area contributed by atoms with Crippen LogP contribution >= 0.6 is 0 Å². The van der Waals surface area contributed by atoms with Crippen molar-refractivity contribution in [3.8, 4) is 0 Å². The Bertz CT molecular complexity index is 498. The fourth-order valence-corrected chi connectivity index (χ4v) is 2.95. The summed E-state index contributed by atoms with van der Waals surface area (Å²) < 4.78 is 5.81. The van der Waals surface area contributed by atoms with Crippen molar-refractivity contribution in [1.82, 2.24) is 10.3 Å². The molecular weight excluding hydrogens is 260 g/mol. The molecule has 1 fully saturated rings. The Labute approximate surface area is 126 Å². The van der Waals surface area contributed by atoms with Crippen LogP contribution in [0.1, 0.15) is 36.9 Å². The Kier molecular flexibility index (Phi) is 4.63. The predicted molar refractivity (Wildman–Crippen MR) is 84.1 cm³/mol. The van der Waals surface area contributed by atoms with Crippen LogP contribution in [0.3, 0.4) is 0 Å². The van der Waals surface area contributed by atoms with E-state index in [4.69, 9.17) is 4.74 Å². The third-order valence-electron chi connectivity index (χ3n) is 4.12. The fourth-order valence-electron chi connectivity index (χ4n) is 2.95. The Hall–Kier alpha value is -1.71. The molecule has 0 spiro atoms. The van der Waals surface area contributed by atoms with E-state index in [-0.39, 0.29) is 6.04 Å². The van der Waals surface area contributed by atoms with Crippen molar-refractivity contribution in [2.75, 3.05) is 6.61 Å². The Balaban J connectivity index is 1.82. The molecule has 1 aromatic carbocycles. The number of ether oxygens (including phenoxy) is 1. The maximum absolute atomic E-state index is 5.81. The molecule has 0 aliphatic carbocycles. The van der Waals surface area contributed by atoms with Crippen molar-refractivity contribution in [3.05, 3.63) is 66.0 Å². The molecule has 0 saturated carbocycles. The summed E-state index contributed by atoms with van der Waals surface area (Å²) >= 11 is 0. The van der Waals surface area contributed by atoms with Gasteiger partial charge in [-0.25, -0.2) is 0 Å². The van der Waals surface area contributed by atoms with E-state index >= 15 is 0 Å². The zero-order valence-corrected chi connectivity index (χ0v) is 12.4. The summed E-state index contributed by atoms with van der Waals surface area (Å²) in [4.78, 5) is 4.13. The lowest BCUT2D eigenvalue weighted by Crippen LogP contribution is -2.39. The highest BCUT2D eigenvalue weighted by Gasteiger charge is 2.25. The van der Waals surface area contributed by atoms with Gasteiger partial charge >= 0.3 is 0 Å². The van der Waals surface area contributed by atoms with Crippen LogP contribution in [-0.2, 0) is 4.74 Å². The highest BCUT2D eigenvalue weighted by Crippen LogP contribution is 2.24. The van der Waals surface area contributed by atoms with Crippen LogP contribution in [0, 0.1) is 0 Å². The first kappa shape index (κ1) is 14.2. The lowest BCUT2D eigenvalue weighted by Gasteiger charge is -2.27. The molecule has 2 aromatic rings. The monoisotopic (exact) mass is 282 g/mol. The molecule has 21 heavy (non-hydrogen) atoms. The summed E-state index contributed by atoms with van der Waals surface area (Å²) in [6.07, 6.45) is 6.33. The molecule has 0 amide bonds. The molecule has 1 N–H and O–H groups in total. The molecule has 1 aromatic heterocycles. The second-order valence-electron chi connectivity index (χ2n) is 5.63. The summed E-state index contributed by atoms with van der Waals surface area (Å²) in [5.41, 5.74) is 2.51. The molecule has 0 radical (unpaired) electrons. The highest BCUT2D eigenvalue weighted by atomic mass is 16.5. The number of pyridine rings is 1. The number of hydrogen-bond acceptors (Lipinski definition) is 3. The highest BCUT2D eigenvalue weighted by molar-refractivity contribution is 5.30. The van der Waals surface area contributed by atoms with Gasteiger partial charge in [0.15, 0.2) is 0 Å². The van der Waals surface area contributed by atoms with Gasteiger partial charge in [0.05, 0.1) is 12.1 Å². The van der Waals surface area contributed by atoms with Gasteiger partial charge in [-0.1, -0.05) is 30.3 Å². The average molecular weight is 282 g/mol. The number of benzene rings is 1. The zero-order valence-electron chi connectivity index (χ0n) is 12.4. The molecule has 1 aliphatic rings. The first-order chi connectivity index (χ1) is 10.3. The molecule has 0 bridgehead atoms. The van der Waals surface area contributed by atoms with E-state index in [1.165, 1.54) is 17.5 Å². The fraction of sp³-hybridized carbons (Fsp3) is 0.389. The summed E-state index contributed by atoms with van der Waals surface area (Å²) in [7, 11) is 0.